The van der Waals surface area contributed by atoms with Crippen molar-refractivity contribution in [3.8, 4) is 11.4 Å². The summed E-state index contributed by atoms with van der Waals surface area (Å²) in [5.74, 6) is 0.235. The van der Waals surface area contributed by atoms with Gasteiger partial charge in [-0.2, -0.15) is 9.29 Å². The summed E-state index contributed by atoms with van der Waals surface area (Å²) in [5, 5.41) is 4.05. The molecule has 2 aromatic carbocycles. The van der Waals surface area contributed by atoms with Gasteiger partial charge in [0.25, 0.3) is 0 Å². The maximum absolute atomic E-state index is 13.2. The van der Waals surface area contributed by atoms with Gasteiger partial charge in [-0.05, 0) is 50.1 Å². The number of nitrogens with zero attached hydrogens (tertiary/aromatic N) is 3. The smallest absolute Gasteiger partial charge is 0.245 e. The van der Waals surface area contributed by atoms with Crippen molar-refractivity contribution in [2.45, 2.75) is 37.1 Å². The Morgan fingerprint density at radius 2 is 1.93 bits per heavy atom. The van der Waals surface area contributed by atoms with Crippen LogP contribution in [0.3, 0.4) is 0 Å². The number of benzene rings is 2. The maximum atomic E-state index is 13.2. The Balaban J connectivity index is 1.67. The van der Waals surface area contributed by atoms with Gasteiger partial charge in [-0.3, -0.25) is 0 Å². The lowest BCUT2D eigenvalue weighted by Gasteiger charge is -2.32. The van der Waals surface area contributed by atoms with E-state index in [0.717, 1.165) is 36.1 Å². The predicted molar refractivity (Wildman–Crippen MR) is 101 cm³/mol. The number of hydrogen-bond acceptors (Lipinski definition) is 5. The molecular weight excluding hydrogens is 381 g/mol. The Labute approximate surface area is 163 Å². The molecule has 2 heterocycles. The average Bonchev–Trinajstić information content (AvgIpc) is 3.18. The van der Waals surface area contributed by atoms with Crippen molar-refractivity contribution in [3.05, 3.63) is 65.8 Å². The average molecular weight is 401 g/mol. The van der Waals surface area contributed by atoms with Crippen LogP contribution in [0.5, 0.6) is 0 Å². The zero-order chi connectivity index (χ0) is 19.7. The van der Waals surface area contributed by atoms with Gasteiger partial charge >= 0.3 is 0 Å². The first-order chi connectivity index (χ1) is 13.4. The molecule has 3 aromatic rings. The topological polar surface area (TPSA) is 76.3 Å². The predicted octanol–water partition coefficient (Wildman–Crippen LogP) is 4.10. The summed E-state index contributed by atoms with van der Waals surface area (Å²) >= 11 is 0. The van der Waals surface area contributed by atoms with Crippen LogP contribution in [0.25, 0.3) is 11.4 Å². The van der Waals surface area contributed by atoms with Crippen molar-refractivity contribution < 1.29 is 17.3 Å². The Hall–Kier alpha value is -2.58. The van der Waals surface area contributed by atoms with Crippen molar-refractivity contribution in [1.29, 1.82) is 0 Å². The number of aryl methyl sites for hydroxylation is 1. The molecule has 0 saturated carbocycles. The summed E-state index contributed by atoms with van der Waals surface area (Å²) in [6, 6.07) is 12.0. The van der Waals surface area contributed by atoms with Gasteiger partial charge in [0, 0.05) is 12.1 Å². The van der Waals surface area contributed by atoms with Crippen LogP contribution in [0.2, 0.25) is 0 Å². The highest BCUT2D eigenvalue weighted by molar-refractivity contribution is 7.89. The lowest BCUT2D eigenvalue weighted by molar-refractivity contribution is 0.204. The molecular formula is C20H20FN3O3S. The van der Waals surface area contributed by atoms with Crippen molar-refractivity contribution in [2.75, 3.05) is 6.54 Å². The first-order valence-corrected chi connectivity index (χ1v) is 10.6. The van der Waals surface area contributed by atoms with Crippen molar-refractivity contribution in [3.63, 3.8) is 0 Å². The van der Waals surface area contributed by atoms with Gasteiger partial charge in [-0.25, -0.2) is 12.8 Å². The zero-order valence-electron chi connectivity index (χ0n) is 15.4. The number of aromatic nitrogens is 2. The van der Waals surface area contributed by atoms with Gasteiger partial charge < -0.3 is 4.52 Å². The van der Waals surface area contributed by atoms with E-state index in [1.165, 1.54) is 16.4 Å². The van der Waals surface area contributed by atoms with Crippen molar-refractivity contribution >= 4 is 10.0 Å². The van der Waals surface area contributed by atoms with E-state index in [4.69, 9.17) is 4.52 Å². The quantitative estimate of drug-likeness (QED) is 0.658. The van der Waals surface area contributed by atoms with Crippen LogP contribution in [0.15, 0.2) is 57.9 Å². The fourth-order valence-corrected chi connectivity index (χ4v) is 5.10. The van der Waals surface area contributed by atoms with E-state index in [1.54, 1.807) is 0 Å². The molecule has 0 unspecified atom stereocenters. The molecule has 0 aliphatic carbocycles. The van der Waals surface area contributed by atoms with Gasteiger partial charge in [0.2, 0.25) is 21.7 Å². The molecule has 1 fully saturated rings. The first-order valence-electron chi connectivity index (χ1n) is 9.13. The number of sulfonamides is 1. The fraction of sp³-hybridized carbons (Fsp3) is 0.300. The van der Waals surface area contributed by atoms with Crippen LogP contribution >= 0.6 is 0 Å². The minimum Gasteiger partial charge on any atom is -0.337 e. The van der Waals surface area contributed by atoms with Gasteiger partial charge in [0.05, 0.1) is 4.90 Å². The fourth-order valence-electron chi connectivity index (χ4n) is 3.45. The zero-order valence-corrected chi connectivity index (χ0v) is 16.2. The van der Waals surface area contributed by atoms with Crippen LogP contribution in [0, 0.1) is 12.7 Å². The number of halogens is 1. The van der Waals surface area contributed by atoms with Crippen LogP contribution < -0.4 is 0 Å². The third-order valence-corrected chi connectivity index (χ3v) is 6.80. The highest BCUT2D eigenvalue weighted by atomic mass is 32.2. The first kappa shape index (κ1) is 18.8. The van der Waals surface area contributed by atoms with E-state index in [-0.39, 0.29) is 10.8 Å². The standard InChI is InChI=1S/C20H20FN3O3S/c1-14-5-4-6-15(13-14)19-22-20(27-23-19)18-7-2-3-12-24(18)28(25,26)17-10-8-16(21)9-11-17/h4-6,8-11,13,18H,2-3,7,12H2,1H3/t18-/m1/s1. The van der Waals surface area contributed by atoms with Crippen LogP contribution in [-0.2, 0) is 10.0 Å². The SMILES string of the molecule is Cc1cccc(-c2noc([C@H]3CCCCN3S(=O)(=O)c3ccc(F)cc3)n2)c1. The van der Waals surface area contributed by atoms with Crippen LogP contribution in [0.4, 0.5) is 4.39 Å². The Kier molecular flexibility index (Phi) is 4.99. The minimum atomic E-state index is -3.80. The largest absolute Gasteiger partial charge is 0.337 e. The lowest BCUT2D eigenvalue weighted by atomic mass is 10.1. The van der Waals surface area contributed by atoms with E-state index in [2.05, 4.69) is 10.1 Å². The van der Waals surface area contributed by atoms with E-state index < -0.39 is 21.9 Å². The third kappa shape index (κ3) is 3.57. The summed E-state index contributed by atoms with van der Waals surface area (Å²) < 4.78 is 46.3. The molecule has 28 heavy (non-hydrogen) atoms. The molecule has 1 saturated heterocycles. The number of hydrogen-bond donors (Lipinski definition) is 0. The molecule has 1 aliphatic heterocycles. The second-order valence-corrected chi connectivity index (χ2v) is 8.80. The molecule has 4 rings (SSSR count). The van der Waals surface area contributed by atoms with E-state index in [0.29, 0.717) is 18.8 Å². The maximum Gasteiger partial charge on any atom is 0.245 e. The summed E-state index contributed by atoms with van der Waals surface area (Å²) in [6.45, 7) is 2.33. The van der Waals surface area contributed by atoms with E-state index in [1.807, 2.05) is 31.2 Å². The minimum absolute atomic E-state index is 0.0548. The third-order valence-electron chi connectivity index (χ3n) is 4.88. The van der Waals surface area contributed by atoms with Gasteiger partial charge in [0.15, 0.2) is 0 Å². The molecule has 8 heteroatoms. The second-order valence-electron chi connectivity index (χ2n) is 6.91. The summed E-state index contributed by atoms with van der Waals surface area (Å²) in [6.07, 6.45) is 2.20. The van der Waals surface area contributed by atoms with E-state index >= 15 is 0 Å². The summed E-state index contributed by atoms with van der Waals surface area (Å²) in [7, 11) is -3.80. The Bertz CT molecular complexity index is 1080. The van der Waals surface area contributed by atoms with E-state index in [9.17, 15) is 12.8 Å². The molecule has 0 N–H and O–H groups in total. The summed E-state index contributed by atoms with van der Waals surface area (Å²) in [5.41, 5.74) is 1.89. The molecule has 1 aromatic heterocycles. The second kappa shape index (κ2) is 7.44. The monoisotopic (exact) mass is 401 g/mol. The molecule has 0 spiro atoms. The van der Waals surface area contributed by atoms with Gasteiger partial charge in [-0.15, -0.1) is 0 Å². The van der Waals surface area contributed by atoms with Crippen LogP contribution in [-0.4, -0.2) is 29.4 Å². The number of piperidine rings is 1. The van der Waals surface area contributed by atoms with Crippen LogP contribution in [0.1, 0.15) is 36.8 Å². The molecule has 0 radical (unpaired) electrons. The van der Waals surface area contributed by atoms with Gasteiger partial charge in [-0.1, -0.05) is 35.3 Å². The normalized spacial score (nSPS) is 18.3. The van der Waals surface area contributed by atoms with Crippen molar-refractivity contribution in [2.24, 2.45) is 0 Å². The number of rotatable bonds is 4. The Morgan fingerprint density at radius 3 is 2.68 bits per heavy atom. The molecule has 6 nitrogen and oxygen atoms in total. The molecule has 1 atom stereocenters. The lowest BCUT2D eigenvalue weighted by Crippen LogP contribution is -2.38. The summed E-state index contributed by atoms with van der Waals surface area (Å²) in [4.78, 5) is 4.53. The Morgan fingerprint density at radius 1 is 1.14 bits per heavy atom. The molecule has 1 aliphatic rings. The van der Waals surface area contributed by atoms with Gasteiger partial charge in [0.1, 0.15) is 11.9 Å². The van der Waals surface area contributed by atoms with Crippen molar-refractivity contribution in [1.82, 2.24) is 14.4 Å². The molecule has 0 amide bonds. The highest BCUT2D eigenvalue weighted by Crippen LogP contribution is 2.35. The molecule has 146 valence electrons. The highest BCUT2D eigenvalue weighted by Gasteiger charge is 2.37. The molecule has 0 bridgehead atoms.